The number of aliphatic imine (C=N–C) groups is 1. The molecular formula is C18H24N4O2. The molecule has 3 N–H and O–H groups in total. The van der Waals surface area contributed by atoms with Crippen LogP contribution in [0.1, 0.15) is 25.3 Å². The first-order chi connectivity index (χ1) is 11.7. The van der Waals surface area contributed by atoms with Gasteiger partial charge in [0.15, 0.2) is 5.96 Å². The molecule has 6 heteroatoms. The lowest BCUT2D eigenvalue weighted by atomic mass is 10.2. The Morgan fingerprint density at radius 3 is 2.75 bits per heavy atom. The third kappa shape index (κ3) is 5.46. The van der Waals surface area contributed by atoms with Crippen LogP contribution in [0.2, 0.25) is 0 Å². The second-order valence-corrected chi connectivity index (χ2v) is 5.22. The van der Waals surface area contributed by atoms with Crippen molar-refractivity contribution in [2.45, 2.75) is 26.3 Å². The Kier molecular flexibility index (Phi) is 6.89. The minimum Gasteiger partial charge on any atom is -0.497 e. The fraction of sp³-hybridized carbons (Fsp3) is 0.333. The van der Waals surface area contributed by atoms with Gasteiger partial charge in [0, 0.05) is 17.4 Å². The number of hydrogen-bond acceptors (Lipinski definition) is 4. The molecule has 0 amide bonds. The number of guanidine groups is 1. The second-order valence-electron chi connectivity index (χ2n) is 5.22. The molecule has 2 rings (SSSR count). The predicted molar refractivity (Wildman–Crippen MR) is 96.6 cm³/mol. The van der Waals surface area contributed by atoms with E-state index in [9.17, 15) is 0 Å². The minimum absolute atomic E-state index is 0.337. The van der Waals surface area contributed by atoms with Crippen LogP contribution in [0.4, 0.5) is 5.69 Å². The van der Waals surface area contributed by atoms with E-state index in [4.69, 9.17) is 15.2 Å². The molecule has 0 fully saturated rings. The van der Waals surface area contributed by atoms with Gasteiger partial charge in [0.05, 0.1) is 20.3 Å². The van der Waals surface area contributed by atoms with E-state index < -0.39 is 0 Å². The second kappa shape index (κ2) is 9.39. The summed E-state index contributed by atoms with van der Waals surface area (Å²) in [4.78, 5) is 8.62. The smallest absolute Gasteiger partial charge is 0.218 e. The highest BCUT2D eigenvalue weighted by Gasteiger charge is 2.04. The van der Waals surface area contributed by atoms with Crippen molar-refractivity contribution in [1.82, 2.24) is 4.98 Å². The number of pyridine rings is 1. The summed E-state index contributed by atoms with van der Waals surface area (Å²) in [6.45, 7) is 3.19. The number of nitrogens with zero attached hydrogens (tertiary/aromatic N) is 2. The van der Waals surface area contributed by atoms with E-state index in [1.807, 2.05) is 36.4 Å². The Morgan fingerprint density at radius 2 is 2.04 bits per heavy atom. The quantitative estimate of drug-likeness (QED) is 0.442. The molecule has 128 valence electrons. The van der Waals surface area contributed by atoms with Gasteiger partial charge in [-0.25, -0.2) is 9.98 Å². The Labute approximate surface area is 142 Å². The van der Waals surface area contributed by atoms with Gasteiger partial charge in [-0.3, -0.25) is 0 Å². The van der Waals surface area contributed by atoms with Gasteiger partial charge in [-0.1, -0.05) is 19.4 Å². The summed E-state index contributed by atoms with van der Waals surface area (Å²) in [6, 6.07) is 11.3. The third-order valence-electron chi connectivity index (χ3n) is 3.37. The van der Waals surface area contributed by atoms with Crippen LogP contribution in [0, 0.1) is 0 Å². The summed E-state index contributed by atoms with van der Waals surface area (Å²) in [5.74, 6) is 1.75. The number of benzene rings is 1. The summed E-state index contributed by atoms with van der Waals surface area (Å²) in [7, 11) is 1.63. The first-order valence-electron chi connectivity index (χ1n) is 8.00. The van der Waals surface area contributed by atoms with Crippen LogP contribution in [0.15, 0.2) is 47.6 Å². The first-order valence-corrected chi connectivity index (χ1v) is 8.00. The summed E-state index contributed by atoms with van der Waals surface area (Å²) in [5, 5.41) is 3.05. The van der Waals surface area contributed by atoms with Crippen LogP contribution >= 0.6 is 0 Å². The zero-order valence-corrected chi connectivity index (χ0v) is 14.2. The lowest BCUT2D eigenvalue weighted by Crippen LogP contribution is -2.22. The third-order valence-corrected chi connectivity index (χ3v) is 3.37. The summed E-state index contributed by atoms with van der Waals surface area (Å²) in [6.07, 6.45) is 3.80. The molecule has 24 heavy (non-hydrogen) atoms. The molecule has 0 unspecified atom stereocenters. The van der Waals surface area contributed by atoms with Crippen molar-refractivity contribution < 1.29 is 9.47 Å². The lowest BCUT2D eigenvalue weighted by Gasteiger charge is -2.09. The van der Waals surface area contributed by atoms with E-state index >= 15 is 0 Å². The molecule has 1 aromatic carbocycles. The molecule has 0 atom stereocenters. The number of rotatable bonds is 8. The largest absolute Gasteiger partial charge is 0.497 e. The van der Waals surface area contributed by atoms with Crippen molar-refractivity contribution in [3.8, 4) is 11.6 Å². The number of anilines is 1. The predicted octanol–water partition coefficient (Wildman–Crippen LogP) is 3.20. The van der Waals surface area contributed by atoms with Crippen LogP contribution in [0.3, 0.4) is 0 Å². The number of nitrogens with one attached hydrogen (secondary N) is 1. The normalized spacial score (nSPS) is 11.2. The van der Waals surface area contributed by atoms with Gasteiger partial charge in [-0.15, -0.1) is 0 Å². The van der Waals surface area contributed by atoms with Crippen LogP contribution < -0.4 is 20.5 Å². The average Bonchev–Trinajstić information content (AvgIpc) is 2.62. The fourth-order valence-corrected chi connectivity index (χ4v) is 2.02. The highest BCUT2D eigenvalue weighted by molar-refractivity contribution is 5.92. The minimum atomic E-state index is 0.337. The number of unbranched alkanes of at least 4 members (excludes halogenated alkanes) is 1. The number of nitrogens with two attached hydrogens (primary N) is 1. The van der Waals surface area contributed by atoms with Crippen LogP contribution in [-0.4, -0.2) is 24.7 Å². The van der Waals surface area contributed by atoms with Gasteiger partial charge < -0.3 is 20.5 Å². The van der Waals surface area contributed by atoms with Gasteiger partial charge in [-0.05, 0) is 36.8 Å². The van der Waals surface area contributed by atoms with Crippen molar-refractivity contribution in [2.24, 2.45) is 10.7 Å². The van der Waals surface area contributed by atoms with Crippen molar-refractivity contribution in [3.05, 3.63) is 48.2 Å². The summed E-state index contributed by atoms with van der Waals surface area (Å²) >= 11 is 0. The maximum atomic E-state index is 5.94. The molecule has 2 aromatic rings. The highest BCUT2D eigenvalue weighted by atomic mass is 16.5. The van der Waals surface area contributed by atoms with E-state index in [2.05, 4.69) is 22.2 Å². The Balaban J connectivity index is 1.96. The van der Waals surface area contributed by atoms with E-state index in [0.717, 1.165) is 29.8 Å². The maximum Gasteiger partial charge on any atom is 0.218 e. The van der Waals surface area contributed by atoms with Gasteiger partial charge >= 0.3 is 0 Å². The zero-order chi connectivity index (χ0) is 17.2. The van der Waals surface area contributed by atoms with E-state index in [0.29, 0.717) is 25.0 Å². The van der Waals surface area contributed by atoms with Gasteiger partial charge in [0.25, 0.3) is 0 Å². The van der Waals surface area contributed by atoms with Gasteiger partial charge in [0.1, 0.15) is 5.75 Å². The Hall–Kier alpha value is -2.76. The van der Waals surface area contributed by atoms with Gasteiger partial charge in [0.2, 0.25) is 5.88 Å². The van der Waals surface area contributed by atoms with Gasteiger partial charge in [-0.2, -0.15) is 0 Å². The number of aromatic nitrogens is 1. The van der Waals surface area contributed by atoms with Crippen LogP contribution in [-0.2, 0) is 6.54 Å². The van der Waals surface area contributed by atoms with E-state index in [-0.39, 0.29) is 0 Å². The molecule has 1 aromatic heterocycles. The Morgan fingerprint density at radius 1 is 1.25 bits per heavy atom. The number of hydrogen-bond donors (Lipinski definition) is 2. The molecule has 0 saturated carbocycles. The number of methoxy groups -OCH3 is 1. The van der Waals surface area contributed by atoms with Crippen LogP contribution in [0.5, 0.6) is 11.6 Å². The van der Waals surface area contributed by atoms with Crippen molar-refractivity contribution in [2.75, 3.05) is 19.0 Å². The molecule has 0 aliphatic rings. The van der Waals surface area contributed by atoms with Crippen molar-refractivity contribution >= 4 is 11.6 Å². The molecule has 0 spiro atoms. The van der Waals surface area contributed by atoms with E-state index in [1.54, 1.807) is 13.3 Å². The number of ether oxygens (including phenoxy) is 2. The summed E-state index contributed by atoms with van der Waals surface area (Å²) in [5.41, 5.74) is 7.70. The Bertz CT molecular complexity index is 656. The SMILES string of the molecule is CCCCOc1ncccc1CN=C(N)Nc1ccc(OC)cc1. The molecule has 0 radical (unpaired) electrons. The highest BCUT2D eigenvalue weighted by Crippen LogP contribution is 2.17. The lowest BCUT2D eigenvalue weighted by molar-refractivity contribution is 0.294. The molecule has 0 bridgehead atoms. The topological polar surface area (TPSA) is 81.8 Å². The molecule has 6 nitrogen and oxygen atoms in total. The average molecular weight is 328 g/mol. The molecule has 0 aliphatic heterocycles. The molecule has 0 saturated heterocycles. The first kappa shape index (κ1) is 17.6. The monoisotopic (exact) mass is 328 g/mol. The van der Waals surface area contributed by atoms with Crippen LogP contribution in [0.25, 0.3) is 0 Å². The molecular weight excluding hydrogens is 304 g/mol. The maximum absolute atomic E-state index is 5.94. The zero-order valence-electron chi connectivity index (χ0n) is 14.2. The van der Waals surface area contributed by atoms with Crippen molar-refractivity contribution in [1.29, 1.82) is 0 Å². The fourth-order valence-electron chi connectivity index (χ4n) is 2.02. The molecule has 0 aliphatic carbocycles. The molecule has 1 heterocycles. The standard InChI is InChI=1S/C18H24N4O2/c1-3-4-12-24-17-14(6-5-11-20-17)13-21-18(19)22-15-7-9-16(23-2)10-8-15/h5-11H,3-4,12-13H2,1-2H3,(H3,19,21,22). The summed E-state index contributed by atoms with van der Waals surface area (Å²) < 4.78 is 10.8. The van der Waals surface area contributed by atoms with Crippen molar-refractivity contribution in [3.63, 3.8) is 0 Å². The van der Waals surface area contributed by atoms with E-state index in [1.165, 1.54) is 0 Å².